The van der Waals surface area contributed by atoms with Gasteiger partial charge in [-0.05, 0) is 44.7 Å². The molecule has 2 heteroatoms. The van der Waals surface area contributed by atoms with Crippen molar-refractivity contribution in [2.45, 2.75) is 45.2 Å². The van der Waals surface area contributed by atoms with Crippen LogP contribution in [0.25, 0.3) is 10.9 Å². The third-order valence-electron chi connectivity index (χ3n) is 4.45. The van der Waals surface area contributed by atoms with Gasteiger partial charge in [0, 0.05) is 35.7 Å². The predicted octanol–water partition coefficient (Wildman–Crippen LogP) is 3.58. The van der Waals surface area contributed by atoms with Gasteiger partial charge in [0.1, 0.15) is 0 Å². The Labute approximate surface area is 109 Å². The lowest BCUT2D eigenvalue weighted by Crippen LogP contribution is -2.34. The van der Waals surface area contributed by atoms with E-state index in [-0.39, 0.29) is 0 Å². The van der Waals surface area contributed by atoms with E-state index in [2.05, 4.69) is 54.2 Å². The summed E-state index contributed by atoms with van der Waals surface area (Å²) >= 11 is 0. The molecule has 2 nitrogen and oxygen atoms in total. The number of aromatic nitrogens is 1. The van der Waals surface area contributed by atoms with Crippen LogP contribution in [0.3, 0.4) is 0 Å². The van der Waals surface area contributed by atoms with E-state index in [1.807, 2.05) is 0 Å². The Morgan fingerprint density at radius 1 is 1.17 bits per heavy atom. The summed E-state index contributed by atoms with van der Waals surface area (Å²) in [6, 6.07) is 10.1. The second-order valence-corrected chi connectivity index (χ2v) is 5.62. The average molecular weight is 242 g/mol. The summed E-state index contributed by atoms with van der Waals surface area (Å²) in [5.74, 6) is 0. The summed E-state index contributed by atoms with van der Waals surface area (Å²) in [4.78, 5) is 6.02. The molecule has 0 aliphatic carbocycles. The number of aromatic amines is 1. The van der Waals surface area contributed by atoms with E-state index in [0.717, 1.165) is 18.5 Å². The van der Waals surface area contributed by atoms with Crippen molar-refractivity contribution in [3.8, 4) is 0 Å². The van der Waals surface area contributed by atoms with Gasteiger partial charge in [-0.1, -0.05) is 18.2 Å². The highest BCUT2D eigenvalue weighted by Crippen LogP contribution is 2.25. The van der Waals surface area contributed by atoms with Gasteiger partial charge < -0.3 is 4.98 Å². The number of para-hydroxylation sites is 1. The Kier molecular flexibility index (Phi) is 3.13. The van der Waals surface area contributed by atoms with E-state index in [0.29, 0.717) is 0 Å². The monoisotopic (exact) mass is 242 g/mol. The number of fused-ring (bicyclic) bond motifs is 1. The standard InChI is InChI=1S/C16H22N2/c1-12-7-8-13(2)18(12)10-9-14-11-17-16-6-4-3-5-15(14)16/h3-6,11-13,17H,7-10H2,1-2H3/t12-,13-/m0/s1. The maximum absolute atomic E-state index is 3.37. The second-order valence-electron chi connectivity index (χ2n) is 5.62. The van der Waals surface area contributed by atoms with Crippen LogP contribution in [0.5, 0.6) is 0 Å². The van der Waals surface area contributed by atoms with Crippen LogP contribution < -0.4 is 0 Å². The molecule has 1 fully saturated rings. The molecular formula is C16H22N2. The molecule has 1 aromatic carbocycles. The van der Waals surface area contributed by atoms with Crippen molar-refractivity contribution in [3.05, 3.63) is 36.0 Å². The Morgan fingerprint density at radius 3 is 2.67 bits per heavy atom. The number of hydrogen-bond acceptors (Lipinski definition) is 1. The lowest BCUT2D eigenvalue weighted by atomic mass is 10.1. The minimum Gasteiger partial charge on any atom is -0.361 e. The molecule has 1 aliphatic rings. The number of rotatable bonds is 3. The molecule has 0 bridgehead atoms. The lowest BCUT2D eigenvalue weighted by Gasteiger charge is -2.25. The van der Waals surface area contributed by atoms with Crippen molar-refractivity contribution >= 4 is 10.9 Å². The molecule has 18 heavy (non-hydrogen) atoms. The SMILES string of the molecule is C[C@H]1CC[C@H](C)N1CCc1c[nH]c2ccccc12. The minimum atomic E-state index is 0.755. The number of nitrogens with one attached hydrogen (secondary N) is 1. The van der Waals surface area contributed by atoms with E-state index in [4.69, 9.17) is 0 Å². The molecule has 2 atom stereocenters. The van der Waals surface area contributed by atoms with E-state index in [1.165, 1.54) is 35.9 Å². The molecule has 0 amide bonds. The Hall–Kier alpha value is -1.28. The summed E-state index contributed by atoms with van der Waals surface area (Å²) in [7, 11) is 0. The van der Waals surface area contributed by atoms with Crippen molar-refractivity contribution in [2.24, 2.45) is 0 Å². The molecule has 1 aromatic heterocycles. The molecule has 96 valence electrons. The Bertz CT molecular complexity index is 519. The Balaban J connectivity index is 1.73. The van der Waals surface area contributed by atoms with Gasteiger partial charge in [-0.15, -0.1) is 0 Å². The van der Waals surface area contributed by atoms with Crippen LogP contribution in [-0.2, 0) is 6.42 Å². The van der Waals surface area contributed by atoms with Crippen molar-refractivity contribution < 1.29 is 0 Å². The van der Waals surface area contributed by atoms with Crippen LogP contribution in [-0.4, -0.2) is 28.5 Å². The van der Waals surface area contributed by atoms with E-state index in [1.54, 1.807) is 0 Å². The summed E-state index contributed by atoms with van der Waals surface area (Å²) in [5, 5.41) is 1.39. The van der Waals surface area contributed by atoms with Gasteiger partial charge in [-0.3, -0.25) is 4.90 Å². The van der Waals surface area contributed by atoms with E-state index >= 15 is 0 Å². The molecule has 0 radical (unpaired) electrons. The van der Waals surface area contributed by atoms with Gasteiger partial charge in [0.2, 0.25) is 0 Å². The van der Waals surface area contributed by atoms with Crippen LogP contribution >= 0.6 is 0 Å². The molecule has 0 unspecified atom stereocenters. The van der Waals surface area contributed by atoms with Gasteiger partial charge in [-0.2, -0.15) is 0 Å². The van der Waals surface area contributed by atoms with Crippen molar-refractivity contribution in [2.75, 3.05) is 6.54 Å². The molecule has 3 rings (SSSR count). The van der Waals surface area contributed by atoms with Crippen LogP contribution in [0.1, 0.15) is 32.3 Å². The number of likely N-dealkylation sites (tertiary alicyclic amines) is 1. The summed E-state index contributed by atoms with van der Waals surface area (Å²) < 4.78 is 0. The third kappa shape index (κ3) is 2.05. The highest BCUT2D eigenvalue weighted by atomic mass is 15.2. The number of H-pyrrole nitrogens is 1. The molecule has 1 aliphatic heterocycles. The quantitative estimate of drug-likeness (QED) is 0.871. The first kappa shape index (κ1) is 11.8. The first-order valence-corrected chi connectivity index (χ1v) is 7.06. The van der Waals surface area contributed by atoms with Crippen LogP contribution in [0, 0.1) is 0 Å². The Morgan fingerprint density at radius 2 is 1.89 bits per heavy atom. The fourth-order valence-corrected chi connectivity index (χ4v) is 3.28. The van der Waals surface area contributed by atoms with Crippen molar-refractivity contribution in [1.82, 2.24) is 9.88 Å². The molecule has 0 spiro atoms. The maximum atomic E-state index is 3.37. The van der Waals surface area contributed by atoms with Crippen LogP contribution in [0.4, 0.5) is 0 Å². The first-order chi connectivity index (χ1) is 8.75. The summed E-state index contributed by atoms with van der Waals surface area (Å²) in [5.41, 5.74) is 2.71. The largest absolute Gasteiger partial charge is 0.361 e. The number of hydrogen-bond donors (Lipinski definition) is 1. The predicted molar refractivity (Wildman–Crippen MR) is 76.9 cm³/mol. The number of benzene rings is 1. The summed E-state index contributed by atoms with van der Waals surface area (Å²) in [6.07, 6.45) is 6.04. The first-order valence-electron chi connectivity index (χ1n) is 7.06. The average Bonchev–Trinajstić information content (AvgIpc) is 2.93. The van der Waals surface area contributed by atoms with Crippen LogP contribution in [0.15, 0.2) is 30.5 Å². The highest BCUT2D eigenvalue weighted by Gasteiger charge is 2.26. The topological polar surface area (TPSA) is 19.0 Å². The normalized spacial score (nSPS) is 25.0. The second kappa shape index (κ2) is 4.77. The van der Waals surface area contributed by atoms with Crippen LogP contribution in [0.2, 0.25) is 0 Å². The number of nitrogens with zero attached hydrogens (tertiary/aromatic N) is 1. The zero-order valence-electron chi connectivity index (χ0n) is 11.3. The van der Waals surface area contributed by atoms with Gasteiger partial charge >= 0.3 is 0 Å². The molecular weight excluding hydrogens is 220 g/mol. The van der Waals surface area contributed by atoms with E-state index < -0.39 is 0 Å². The molecule has 1 saturated heterocycles. The van der Waals surface area contributed by atoms with Gasteiger partial charge in [-0.25, -0.2) is 0 Å². The fraction of sp³-hybridized carbons (Fsp3) is 0.500. The maximum Gasteiger partial charge on any atom is 0.0456 e. The smallest absolute Gasteiger partial charge is 0.0456 e. The van der Waals surface area contributed by atoms with Gasteiger partial charge in [0.05, 0.1) is 0 Å². The van der Waals surface area contributed by atoms with E-state index in [9.17, 15) is 0 Å². The van der Waals surface area contributed by atoms with Gasteiger partial charge in [0.25, 0.3) is 0 Å². The molecule has 1 N–H and O–H groups in total. The summed E-state index contributed by atoms with van der Waals surface area (Å²) in [6.45, 7) is 5.90. The zero-order valence-corrected chi connectivity index (χ0v) is 11.3. The minimum absolute atomic E-state index is 0.755. The fourth-order valence-electron chi connectivity index (χ4n) is 3.28. The zero-order chi connectivity index (χ0) is 12.5. The molecule has 2 heterocycles. The lowest BCUT2D eigenvalue weighted by molar-refractivity contribution is 0.217. The highest BCUT2D eigenvalue weighted by molar-refractivity contribution is 5.83. The third-order valence-corrected chi connectivity index (χ3v) is 4.45. The molecule has 0 saturated carbocycles. The van der Waals surface area contributed by atoms with Crippen molar-refractivity contribution in [3.63, 3.8) is 0 Å². The van der Waals surface area contributed by atoms with Crippen molar-refractivity contribution in [1.29, 1.82) is 0 Å². The van der Waals surface area contributed by atoms with Gasteiger partial charge in [0.15, 0.2) is 0 Å². The molecule has 2 aromatic rings.